The first-order chi connectivity index (χ1) is 14.3. The molecule has 0 fully saturated rings. The van der Waals surface area contributed by atoms with Crippen molar-refractivity contribution in [3.8, 4) is 0 Å². The number of likely N-dealkylation sites (N-methyl/N-ethyl adjacent to an activating group) is 1. The SMILES string of the molecule is CCN(CC)CC(=O)Nc1ccc(C(=O)Nc2cc(CO)cc(NC(C)=O)c2)cc1. The Morgan fingerprint density at radius 3 is 2.00 bits per heavy atom. The summed E-state index contributed by atoms with van der Waals surface area (Å²) in [4.78, 5) is 37.9. The number of hydrogen-bond donors (Lipinski definition) is 4. The highest BCUT2D eigenvalue weighted by Crippen LogP contribution is 2.20. The van der Waals surface area contributed by atoms with Crippen molar-refractivity contribution in [2.24, 2.45) is 0 Å². The summed E-state index contributed by atoms with van der Waals surface area (Å²) in [7, 11) is 0. The van der Waals surface area contributed by atoms with Crippen molar-refractivity contribution in [1.82, 2.24) is 4.90 Å². The zero-order valence-corrected chi connectivity index (χ0v) is 17.5. The van der Waals surface area contributed by atoms with E-state index in [2.05, 4.69) is 16.0 Å². The van der Waals surface area contributed by atoms with E-state index in [0.29, 0.717) is 34.7 Å². The lowest BCUT2D eigenvalue weighted by Crippen LogP contribution is -2.32. The van der Waals surface area contributed by atoms with Crippen molar-refractivity contribution >= 4 is 34.8 Å². The number of nitrogens with zero attached hydrogens (tertiary/aromatic N) is 1. The molecular weight excluding hydrogens is 384 g/mol. The van der Waals surface area contributed by atoms with E-state index in [-0.39, 0.29) is 24.3 Å². The van der Waals surface area contributed by atoms with Gasteiger partial charge in [-0.15, -0.1) is 0 Å². The quantitative estimate of drug-likeness (QED) is 0.506. The molecule has 0 spiro atoms. The Bertz CT molecular complexity index is 893. The summed E-state index contributed by atoms with van der Waals surface area (Å²) in [5, 5.41) is 17.6. The lowest BCUT2D eigenvalue weighted by molar-refractivity contribution is -0.117. The van der Waals surface area contributed by atoms with Crippen LogP contribution in [0.25, 0.3) is 0 Å². The predicted molar refractivity (Wildman–Crippen MR) is 117 cm³/mol. The van der Waals surface area contributed by atoms with Crippen LogP contribution in [-0.4, -0.2) is 47.4 Å². The number of carbonyl (C=O) groups excluding carboxylic acids is 3. The monoisotopic (exact) mass is 412 g/mol. The number of rotatable bonds is 9. The average molecular weight is 412 g/mol. The molecular formula is C22H28N4O4. The Kier molecular flexibility index (Phi) is 8.52. The maximum absolute atomic E-state index is 12.5. The van der Waals surface area contributed by atoms with Gasteiger partial charge in [0, 0.05) is 29.5 Å². The molecule has 4 N–H and O–H groups in total. The van der Waals surface area contributed by atoms with Gasteiger partial charge < -0.3 is 21.1 Å². The Balaban J connectivity index is 2.04. The standard InChI is InChI=1S/C22H28N4O4/c1-4-26(5-2)13-21(29)24-18-8-6-17(7-9-18)22(30)25-20-11-16(14-27)10-19(12-20)23-15(3)28/h6-12,27H,4-5,13-14H2,1-3H3,(H,23,28)(H,24,29)(H,25,30). The fraction of sp³-hybridized carbons (Fsp3) is 0.318. The molecule has 0 aliphatic carbocycles. The smallest absolute Gasteiger partial charge is 0.255 e. The maximum atomic E-state index is 12.5. The molecule has 0 unspecified atom stereocenters. The number of benzene rings is 2. The molecule has 3 amide bonds. The molecule has 0 aromatic heterocycles. The zero-order valence-electron chi connectivity index (χ0n) is 17.5. The number of nitrogens with one attached hydrogen (secondary N) is 3. The van der Waals surface area contributed by atoms with Crippen LogP contribution >= 0.6 is 0 Å². The molecule has 0 aliphatic heterocycles. The summed E-state index contributed by atoms with van der Waals surface area (Å²) in [5.74, 6) is -0.705. The van der Waals surface area contributed by atoms with Gasteiger partial charge in [0.15, 0.2) is 0 Å². The second-order valence-corrected chi connectivity index (χ2v) is 6.80. The van der Waals surface area contributed by atoms with Crippen molar-refractivity contribution in [2.75, 3.05) is 35.6 Å². The van der Waals surface area contributed by atoms with Gasteiger partial charge in [-0.1, -0.05) is 13.8 Å². The van der Waals surface area contributed by atoms with E-state index in [1.54, 1.807) is 42.5 Å². The lowest BCUT2D eigenvalue weighted by atomic mass is 10.1. The van der Waals surface area contributed by atoms with E-state index in [1.165, 1.54) is 6.92 Å². The summed E-state index contributed by atoms with van der Waals surface area (Å²) in [6.07, 6.45) is 0. The third kappa shape index (κ3) is 6.98. The molecule has 2 rings (SSSR count). The molecule has 0 saturated heterocycles. The Morgan fingerprint density at radius 1 is 0.867 bits per heavy atom. The molecule has 2 aromatic carbocycles. The maximum Gasteiger partial charge on any atom is 0.255 e. The minimum absolute atomic E-state index is 0.109. The van der Waals surface area contributed by atoms with Crippen LogP contribution in [0.1, 0.15) is 36.7 Å². The van der Waals surface area contributed by atoms with Gasteiger partial charge in [0.1, 0.15) is 0 Å². The number of amides is 3. The largest absolute Gasteiger partial charge is 0.392 e. The number of aliphatic hydroxyl groups excluding tert-OH is 1. The van der Waals surface area contributed by atoms with E-state index in [4.69, 9.17) is 0 Å². The molecule has 8 heteroatoms. The first kappa shape index (κ1) is 23.1. The van der Waals surface area contributed by atoms with Gasteiger partial charge in [-0.25, -0.2) is 0 Å². The van der Waals surface area contributed by atoms with E-state index >= 15 is 0 Å². The van der Waals surface area contributed by atoms with Gasteiger partial charge in [0.05, 0.1) is 13.2 Å². The van der Waals surface area contributed by atoms with Gasteiger partial charge >= 0.3 is 0 Å². The van der Waals surface area contributed by atoms with Crippen molar-refractivity contribution in [3.63, 3.8) is 0 Å². The number of aliphatic hydroxyl groups is 1. The molecule has 8 nitrogen and oxygen atoms in total. The highest BCUT2D eigenvalue weighted by molar-refractivity contribution is 6.05. The normalized spacial score (nSPS) is 10.6. The molecule has 0 bridgehead atoms. The van der Waals surface area contributed by atoms with Gasteiger partial charge in [-0.05, 0) is 61.1 Å². The van der Waals surface area contributed by atoms with Crippen molar-refractivity contribution in [1.29, 1.82) is 0 Å². The van der Waals surface area contributed by atoms with Crippen molar-refractivity contribution in [3.05, 3.63) is 53.6 Å². The van der Waals surface area contributed by atoms with Crippen LogP contribution < -0.4 is 16.0 Å². The summed E-state index contributed by atoms with van der Waals surface area (Å²) in [6, 6.07) is 11.4. The highest BCUT2D eigenvalue weighted by Gasteiger charge is 2.11. The van der Waals surface area contributed by atoms with E-state index in [0.717, 1.165) is 13.1 Å². The first-order valence-electron chi connectivity index (χ1n) is 9.80. The molecule has 0 heterocycles. The number of carbonyl (C=O) groups is 3. The second-order valence-electron chi connectivity index (χ2n) is 6.80. The predicted octanol–water partition coefficient (Wildman–Crippen LogP) is 2.67. The van der Waals surface area contributed by atoms with Crippen LogP contribution in [0.2, 0.25) is 0 Å². The van der Waals surface area contributed by atoms with Gasteiger partial charge in [-0.3, -0.25) is 19.3 Å². The Morgan fingerprint density at radius 2 is 1.47 bits per heavy atom. The van der Waals surface area contributed by atoms with E-state index in [9.17, 15) is 19.5 Å². The van der Waals surface area contributed by atoms with Crippen molar-refractivity contribution < 1.29 is 19.5 Å². The summed E-state index contributed by atoms with van der Waals surface area (Å²) in [6.45, 7) is 7.06. The van der Waals surface area contributed by atoms with Gasteiger partial charge in [0.2, 0.25) is 11.8 Å². The molecule has 0 atom stereocenters. The van der Waals surface area contributed by atoms with Crippen LogP contribution in [0.3, 0.4) is 0 Å². The zero-order chi connectivity index (χ0) is 22.1. The minimum Gasteiger partial charge on any atom is -0.392 e. The van der Waals surface area contributed by atoms with E-state index in [1.807, 2.05) is 18.7 Å². The molecule has 2 aromatic rings. The summed E-state index contributed by atoms with van der Waals surface area (Å²) in [5.41, 5.74) is 2.51. The first-order valence-corrected chi connectivity index (χ1v) is 9.80. The van der Waals surface area contributed by atoms with E-state index < -0.39 is 0 Å². The Labute approximate surface area is 176 Å². The molecule has 160 valence electrons. The highest BCUT2D eigenvalue weighted by atomic mass is 16.3. The molecule has 0 saturated carbocycles. The van der Waals surface area contributed by atoms with Crippen LogP contribution in [-0.2, 0) is 16.2 Å². The second kappa shape index (κ2) is 11.1. The number of anilines is 3. The minimum atomic E-state index is -0.347. The summed E-state index contributed by atoms with van der Waals surface area (Å²) >= 11 is 0. The molecule has 0 radical (unpaired) electrons. The number of hydrogen-bond acceptors (Lipinski definition) is 5. The molecule has 0 aliphatic rings. The van der Waals surface area contributed by atoms with Crippen molar-refractivity contribution in [2.45, 2.75) is 27.4 Å². The average Bonchev–Trinajstić information content (AvgIpc) is 2.71. The Hall–Kier alpha value is -3.23. The summed E-state index contributed by atoms with van der Waals surface area (Å²) < 4.78 is 0. The third-order valence-corrected chi connectivity index (χ3v) is 4.45. The van der Waals surface area contributed by atoms with Crippen LogP contribution in [0.4, 0.5) is 17.1 Å². The van der Waals surface area contributed by atoms with Crippen LogP contribution in [0.15, 0.2) is 42.5 Å². The lowest BCUT2D eigenvalue weighted by Gasteiger charge is -2.17. The fourth-order valence-electron chi connectivity index (χ4n) is 2.89. The fourth-order valence-corrected chi connectivity index (χ4v) is 2.89. The van der Waals surface area contributed by atoms with Crippen LogP contribution in [0, 0.1) is 0 Å². The molecule has 30 heavy (non-hydrogen) atoms. The topological polar surface area (TPSA) is 111 Å². The van der Waals surface area contributed by atoms with Crippen LogP contribution in [0.5, 0.6) is 0 Å². The third-order valence-electron chi connectivity index (χ3n) is 4.45. The van der Waals surface area contributed by atoms with Gasteiger partial charge in [-0.2, -0.15) is 0 Å². The van der Waals surface area contributed by atoms with Gasteiger partial charge in [0.25, 0.3) is 5.91 Å².